The molecule has 1 aromatic carbocycles. The number of anilines is 2. The molecule has 2 aromatic rings. The Morgan fingerprint density at radius 2 is 1.22 bits per heavy atom. The smallest absolute Gasteiger partial charge is 0.334 e. The van der Waals surface area contributed by atoms with E-state index in [1.165, 1.54) is 18.5 Å². The molecule has 32 heavy (non-hydrogen) atoms. The molecule has 0 bridgehead atoms. The van der Waals surface area contributed by atoms with E-state index in [2.05, 4.69) is 14.7 Å². The van der Waals surface area contributed by atoms with Gasteiger partial charge in [-0.25, -0.2) is 23.1 Å². The van der Waals surface area contributed by atoms with Crippen molar-refractivity contribution in [2.45, 2.75) is 29.5 Å². The van der Waals surface area contributed by atoms with Gasteiger partial charge in [-0.1, -0.05) is 0 Å². The third kappa shape index (κ3) is 9.37. The van der Waals surface area contributed by atoms with Gasteiger partial charge < -0.3 is 4.90 Å². The second-order valence-electron chi connectivity index (χ2n) is 5.81. The average Bonchev–Trinajstić information content (AvgIpc) is 2.61. The molecule has 1 aromatic heterocycles. The van der Waals surface area contributed by atoms with Crippen LogP contribution in [-0.4, -0.2) is 55.1 Å². The summed E-state index contributed by atoms with van der Waals surface area (Å²) in [7, 11) is -13.5. The van der Waals surface area contributed by atoms with Crippen molar-refractivity contribution in [1.82, 2.24) is 9.97 Å². The van der Waals surface area contributed by atoms with Crippen LogP contribution in [0.2, 0.25) is 0 Å². The van der Waals surface area contributed by atoms with Gasteiger partial charge in [0.1, 0.15) is 0 Å². The number of nitrogens with one attached hydrogen (secondary N) is 1. The first-order chi connectivity index (χ1) is 13.2. The first-order valence-corrected chi connectivity index (χ1v) is 12.3. The van der Waals surface area contributed by atoms with Gasteiger partial charge in [0.25, 0.3) is 30.3 Å². The minimum atomic E-state index is -4.73. The Balaban J connectivity index is 0. The van der Waals surface area contributed by atoms with Crippen molar-refractivity contribution in [2.24, 2.45) is 0 Å². The first kappa shape index (κ1) is 34.8. The minimum absolute atomic E-state index is 0. The number of sulfonamides is 1. The summed E-state index contributed by atoms with van der Waals surface area (Å²) in [6.45, 7) is 2.02. The van der Waals surface area contributed by atoms with Crippen molar-refractivity contribution in [2.75, 3.05) is 9.62 Å². The molecule has 2 unspecified atom stereocenters. The van der Waals surface area contributed by atoms with Gasteiger partial charge >= 0.3 is 88.7 Å². The summed E-state index contributed by atoms with van der Waals surface area (Å²) in [6, 6.07) is 5.92. The van der Waals surface area contributed by atoms with Crippen molar-refractivity contribution in [3.8, 4) is 0 Å². The number of aromatic nitrogens is 2. The Morgan fingerprint density at radius 3 is 1.59 bits per heavy atom. The molecule has 0 spiro atoms. The normalized spacial score (nSPS) is 13.4. The number of rotatable bonds is 8. The molecule has 0 saturated heterocycles. The molecule has 18 heteroatoms. The van der Waals surface area contributed by atoms with E-state index in [1.54, 1.807) is 0 Å². The van der Waals surface area contributed by atoms with Crippen LogP contribution in [0.1, 0.15) is 13.8 Å². The summed E-state index contributed by atoms with van der Waals surface area (Å²) in [4.78, 5) is 7.95. The summed E-state index contributed by atoms with van der Waals surface area (Å²) >= 11 is 0. The fraction of sp³-hybridized carbons (Fsp3) is 0.286. The largest absolute Gasteiger partial charge is 1.00 e. The Bertz CT molecular complexity index is 1140. The van der Waals surface area contributed by atoms with Gasteiger partial charge in [0.15, 0.2) is 10.7 Å². The molecule has 0 amide bonds. The van der Waals surface area contributed by atoms with Crippen LogP contribution in [0.4, 0.5) is 11.6 Å². The van der Waals surface area contributed by atoms with Crippen molar-refractivity contribution >= 4 is 41.9 Å². The van der Waals surface area contributed by atoms with Crippen molar-refractivity contribution in [3.05, 3.63) is 42.7 Å². The fourth-order valence-electron chi connectivity index (χ4n) is 2.33. The van der Waals surface area contributed by atoms with Crippen LogP contribution in [0.25, 0.3) is 0 Å². The van der Waals surface area contributed by atoms with Gasteiger partial charge in [0.05, 0.1) is 4.90 Å². The van der Waals surface area contributed by atoms with E-state index in [0.29, 0.717) is 0 Å². The van der Waals surface area contributed by atoms with Gasteiger partial charge in [-0.05, 0) is 44.2 Å². The molecular weight excluding hydrogens is 517 g/mol. The summed E-state index contributed by atoms with van der Waals surface area (Å²) in [6.07, 6.45) is 2.67. The minimum Gasteiger partial charge on any atom is -0.334 e. The molecule has 0 aliphatic heterocycles. The Labute approximate surface area is 253 Å². The molecule has 2 atom stereocenters. The van der Waals surface area contributed by atoms with Crippen LogP contribution < -0.4 is 98.3 Å². The predicted molar refractivity (Wildman–Crippen MR) is 104 cm³/mol. The summed E-state index contributed by atoms with van der Waals surface area (Å²) in [5.41, 5.74) is -0.0739. The van der Waals surface area contributed by atoms with E-state index in [1.807, 2.05) is 0 Å². The third-order valence-electron chi connectivity index (χ3n) is 3.88. The van der Waals surface area contributed by atoms with E-state index in [9.17, 15) is 34.4 Å². The number of nitrogens with zero attached hydrogens (tertiary/aromatic N) is 3. The van der Waals surface area contributed by atoms with E-state index in [4.69, 9.17) is 0 Å². The molecule has 1 heterocycles. The number of hydrogen-bond acceptors (Lipinski definition) is 9. The SMILES string of the molecule is CC(N(c1ccc(S(=O)(=O)Nc2ncccn2)cc1)C(C)S(=O)(=O)O)S(=O)(=O)O.[Na+].[Na+].[Na+]. The summed E-state index contributed by atoms with van der Waals surface area (Å²) < 4.78 is 91.7. The second kappa shape index (κ2) is 13.7. The monoisotopic (exact) mass is 535 g/mol. The standard InChI is InChI=1S/C14H18N4O8S3.3Na/c1-10(28(21,22)23)18(11(2)29(24,25)26)12-4-6-13(7-5-12)27(19,20)17-14-15-8-3-9-16-14;;;/h3-11H,1-2H3,(H,15,16,17)(H,21,22,23)(H,24,25,26);;;/q;3*+1. The topological polar surface area (TPSA) is 184 Å². The molecule has 0 radical (unpaired) electrons. The van der Waals surface area contributed by atoms with E-state index in [-0.39, 0.29) is 105 Å². The van der Waals surface area contributed by atoms with Crippen LogP contribution in [0, 0.1) is 0 Å². The Kier molecular flexibility index (Phi) is 14.9. The number of benzene rings is 1. The van der Waals surface area contributed by atoms with Crippen LogP contribution >= 0.6 is 0 Å². The van der Waals surface area contributed by atoms with Crippen LogP contribution in [0.3, 0.4) is 0 Å². The van der Waals surface area contributed by atoms with E-state index < -0.39 is 41.0 Å². The zero-order valence-electron chi connectivity index (χ0n) is 18.1. The molecule has 0 fully saturated rings. The van der Waals surface area contributed by atoms with Crippen LogP contribution in [0.5, 0.6) is 0 Å². The van der Waals surface area contributed by atoms with Gasteiger partial charge in [-0.2, -0.15) is 16.8 Å². The molecule has 160 valence electrons. The zero-order chi connectivity index (χ0) is 22.0. The second-order valence-corrected chi connectivity index (χ2v) is 10.9. The van der Waals surface area contributed by atoms with Crippen molar-refractivity contribution in [3.63, 3.8) is 0 Å². The molecule has 0 saturated carbocycles. The first-order valence-electron chi connectivity index (χ1n) is 7.84. The number of hydrogen-bond donors (Lipinski definition) is 3. The van der Waals surface area contributed by atoms with Crippen molar-refractivity contribution < 1.29 is 123 Å². The summed E-state index contributed by atoms with van der Waals surface area (Å²) in [5.74, 6) is -0.168. The average molecular weight is 535 g/mol. The van der Waals surface area contributed by atoms with E-state index >= 15 is 0 Å². The van der Waals surface area contributed by atoms with Gasteiger partial charge in [-0.15, -0.1) is 0 Å². The summed E-state index contributed by atoms with van der Waals surface area (Å²) in [5, 5.41) is -3.50. The predicted octanol–water partition coefficient (Wildman–Crippen LogP) is -8.44. The maximum atomic E-state index is 12.4. The maximum absolute atomic E-state index is 12.4. The molecular formula is C14H18N4Na3O8S3+3. The Morgan fingerprint density at radius 1 is 0.812 bits per heavy atom. The third-order valence-corrected chi connectivity index (χ3v) is 7.40. The maximum Gasteiger partial charge on any atom is 1.00 e. The zero-order valence-corrected chi connectivity index (χ0v) is 26.6. The van der Waals surface area contributed by atoms with Crippen molar-refractivity contribution in [1.29, 1.82) is 0 Å². The molecule has 2 rings (SSSR count). The molecule has 0 aliphatic carbocycles. The fourth-order valence-corrected chi connectivity index (χ4v) is 4.55. The van der Waals surface area contributed by atoms with Gasteiger partial charge in [0.2, 0.25) is 5.95 Å². The van der Waals surface area contributed by atoms with Crippen LogP contribution in [-0.2, 0) is 30.3 Å². The molecule has 12 nitrogen and oxygen atoms in total. The van der Waals surface area contributed by atoms with Gasteiger partial charge in [0, 0.05) is 18.1 Å². The van der Waals surface area contributed by atoms with Gasteiger partial charge in [-0.3, -0.25) is 9.11 Å². The quantitative estimate of drug-likeness (QED) is 0.215. The Hall–Kier alpha value is 0.670. The molecule has 3 N–H and O–H groups in total. The van der Waals surface area contributed by atoms with Crippen LogP contribution in [0.15, 0.2) is 47.6 Å². The van der Waals surface area contributed by atoms with E-state index in [0.717, 1.165) is 43.0 Å². The molecule has 0 aliphatic rings.